The van der Waals surface area contributed by atoms with Crippen molar-refractivity contribution in [2.75, 3.05) is 0 Å². The van der Waals surface area contributed by atoms with Gasteiger partial charge in [0, 0.05) is 5.02 Å². The van der Waals surface area contributed by atoms with E-state index in [0.29, 0.717) is 11.3 Å². The molecule has 0 N–H and O–H groups in total. The molecule has 0 aliphatic carbocycles. The predicted molar refractivity (Wildman–Crippen MR) is 64.4 cm³/mol. The summed E-state index contributed by atoms with van der Waals surface area (Å²) in [5.74, 6) is 0. The highest BCUT2D eigenvalue weighted by Gasteiger charge is 2.25. The van der Waals surface area contributed by atoms with E-state index in [-0.39, 0.29) is 0 Å². The van der Waals surface area contributed by atoms with Gasteiger partial charge in [0.05, 0.1) is 16.3 Å². The van der Waals surface area contributed by atoms with Gasteiger partial charge in [-0.15, -0.1) is 11.8 Å². The number of rotatable bonds is 1. The van der Waals surface area contributed by atoms with Crippen LogP contribution >= 0.6 is 23.4 Å². The Labute approximate surface area is 93.6 Å². The molecule has 1 heterocycles. The normalized spacial score (nSPS) is 26.4. The molecule has 0 saturated heterocycles. The highest BCUT2D eigenvalue weighted by Crippen LogP contribution is 2.39. The minimum Gasteiger partial charge on any atom is -0.279 e. The third-order valence-corrected chi connectivity index (χ3v) is 3.94. The van der Waals surface area contributed by atoms with Crippen LogP contribution in [0, 0.1) is 0 Å². The molecule has 1 unspecified atom stereocenters. The minimum absolute atomic E-state index is 0.376. The maximum absolute atomic E-state index is 5.85. The molecule has 2 rings (SSSR count). The SMILES string of the molecule is CC1=N[C@H](C)C(c2ccc(Cl)cc2)S1. The molecule has 74 valence electrons. The van der Waals surface area contributed by atoms with Gasteiger partial charge in [0.15, 0.2) is 0 Å². The van der Waals surface area contributed by atoms with Gasteiger partial charge in [-0.2, -0.15) is 0 Å². The topological polar surface area (TPSA) is 12.4 Å². The number of hydrogen-bond acceptors (Lipinski definition) is 2. The molecule has 0 fully saturated rings. The lowest BCUT2D eigenvalue weighted by Crippen LogP contribution is -2.04. The van der Waals surface area contributed by atoms with E-state index in [0.717, 1.165) is 5.02 Å². The van der Waals surface area contributed by atoms with Crippen LogP contribution in [0.25, 0.3) is 0 Å². The molecular weight excluding hydrogens is 214 g/mol. The molecule has 1 aliphatic rings. The molecule has 0 radical (unpaired) electrons. The molecular formula is C11H12ClNS. The number of halogens is 1. The largest absolute Gasteiger partial charge is 0.279 e. The first-order chi connectivity index (χ1) is 6.66. The van der Waals surface area contributed by atoms with Crippen LogP contribution in [0.15, 0.2) is 29.3 Å². The minimum atomic E-state index is 0.376. The van der Waals surface area contributed by atoms with Gasteiger partial charge in [0.1, 0.15) is 0 Å². The van der Waals surface area contributed by atoms with E-state index in [1.54, 1.807) is 0 Å². The first kappa shape index (κ1) is 10.1. The van der Waals surface area contributed by atoms with E-state index < -0.39 is 0 Å². The Kier molecular flexibility index (Phi) is 2.84. The number of hydrogen-bond donors (Lipinski definition) is 0. The lowest BCUT2D eigenvalue weighted by molar-refractivity contribution is 0.740. The second-order valence-electron chi connectivity index (χ2n) is 3.48. The summed E-state index contributed by atoms with van der Waals surface area (Å²) >= 11 is 7.69. The quantitative estimate of drug-likeness (QED) is 0.706. The average Bonchev–Trinajstić information content (AvgIpc) is 2.47. The predicted octanol–water partition coefficient (Wildman–Crippen LogP) is 3.93. The Morgan fingerprint density at radius 1 is 1.29 bits per heavy atom. The number of nitrogens with zero attached hydrogens (tertiary/aromatic N) is 1. The van der Waals surface area contributed by atoms with E-state index >= 15 is 0 Å². The lowest BCUT2D eigenvalue weighted by Gasteiger charge is -2.13. The summed E-state index contributed by atoms with van der Waals surface area (Å²) in [6.07, 6.45) is 0. The summed E-state index contributed by atoms with van der Waals surface area (Å²) < 4.78 is 0. The van der Waals surface area contributed by atoms with Gasteiger partial charge in [0.25, 0.3) is 0 Å². The molecule has 1 aromatic rings. The summed E-state index contributed by atoms with van der Waals surface area (Å²) in [6, 6.07) is 8.44. The maximum Gasteiger partial charge on any atom is 0.0655 e. The van der Waals surface area contributed by atoms with Crippen LogP contribution < -0.4 is 0 Å². The second-order valence-corrected chi connectivity index (χ2v) is 5.25. The zero-order chi connectivity index (χ0) is 10.1. The summed E-state index contributed by atoms with van der Waals surface area (Å²) in [7, 11) is 0. The van der Waals surface area contributed by atoms with Crippen LogP contribution in [0.2, 0.25) is 5.02 Å². The van der Waals surface area contributed by atoms with Crippen LogP contribution in [0.4, 0.5) is 0 Å². The highest BCUT2D eigenvalue weighted by atomic mass is 35.5. The van der Waals surface area contributed by atoms with Crippen molar-refractivity contribution in [1.29, 1.82) is 0 Å². The van der Waals surface area contributed by atoms with Crippen molar-refractivity contribution in [3.8, 4) is 0 Å². The number of benzene rings is 1. The average molecular weight is 226 g/mol. The summed E-state index contributed by atoms with van der Waals surface area (Å²) in [6.45, 7) is 4.22. The van der Waals surface area contributed by atoms with Crippen LogP contribution in [0.1, 0.15) is 24.7 Å². The first-order valence-electron chi connectivity index (χ1n) is 4.63. The van der Waals surface area contributed by atoms with Crippen molar-refractivity contribution in [3.63, 3.8) is 0 Å². The van der Waals surface area contributed by atoms with Gasteiger partial charge in [0.2, 0.25) is 0 Å². The Morgan fingerprint density at radius 3 is 2.43 bits per heavy atom. The summed E-state index contributed by atoms with van der Waals surface area (Å²) in [5, 5.41) is 2.44. The van der Waals surface area contributed by atoms with Crippen molar-refractivity contribution in [3.05, 3.63) is 34.9 Å². The lowest BCUT2D eigenvalue weighted by atomic mass is 10.1. The smallest absolute Gasteiger partial charge is 0.0655 e. The van der Waals surface area contributed by atoms with Gasteiger partial charge in [-0.05, 0) is 31.5 Å². The fourth-order valence-electron chi connectivity index (χ4n) is 1.67. The zero-order valence-corrected chi connectivity index (χ0v) is 9.77. The van der Waals surface area contributed by atoms with Gasteiger partial charge in [-0.25, -0.2) is 0 Å². The molecule has 0 spiro atoms. The molecule has 1 aliphatic heterocycles. The van der Waals surface area contributed by atoms with E-state index in [1.165, 1.54) is 10.6 Å². The molecule has 1 aromatic carbocycles. The highest BCUT2D eigenvalue weighted by molar-refractivity contribution is 8.14. The fourth-order valence-corrected chi connectivity index (χ4v) is 2.94. The van der Waals surface area contributed by atoms with Crippen molar-refractivity contribution in [2.24, 2.45) is 4.99 Å². The molecule has 3 heteroatoms. The Balaban J connectivity index is 2.21. The molecule has 1 nitrogen and oxygen atoms in total. The monoisotopic (exact) mass is 225 g/mol. The molecule has 0 saturated carbocycles. The van der Waals surface area contributed by atoms with Crippen molar-refractivity contribution in [1.82, 2.24) is 0 Å². The van der Waals surface area contributed by atoms with Crippen molar-refractivity contribution in [2.45, 2.75) is 25.1 Å². The van der Waals surface area contributed by atoms with E-state index in [4.69, 9.17) is 11.6 Å². The van der Waals surface area contributed by atoms with E-state index in [2.05, 4.69) is 31.0 Å². The van der Waals surface area contributed by atoms with Crippen LogP contribution in [0.3, 0.4) is 0 Å². The zero-order valence-electron chi connectivity index (χ0n) is 8.20. The Hall–Kier alpha value is -0.470. The van der Waals surface area contributed by atoms with E-state index in [9.17, 15) is 0 Å². The summed E-state index contributed by atoms with van der Waals surface area (Å²) in [4.78, 5) is 4.52. The maximum atomic E-state index is 5.85. The number of thioether (sulfide) groups is 1. The second kappa shape index (κ2) is 3.95. The van der Waals surface area contributed by atoms with Gasteiger partial charge < -0.3 is 0 Å². The first-order valence-corrected chi connectivity index (χ1v) is 5.89. The van der Waals surface area contributed by atoms with Gasteiger partial charge in [-0.1, -0.05) is 23.7 Å². The molecule has 0 amide bonds. The van der Waals surface area contributed by atoms with Gasteiger partial charge >= 0.3 is 0 Å². The number of aliphatic imine (C=N–C) groups is 1. The van der Waals surface area contributed by atoms with Crippen LogP contribution in [-0.2, 0) is 0 Å². The van der Waals surface area contributed by atoms with Crippen LogP contribution in [0.5, 0.6) is 0 Å². The molecule has 0 bridgehead atoms. The third-order valence-electron chi connectivity index (χ3n) is 2.32. The Morgan fingerprint density at radius 2 is 1.93 bits per heavy atom. The van der Waals surface area contributed by atoms with Crippen molar-refractivity contribution >= 4 is 28.4 Å². The fraction of sp³-hybridized carbons (Fsp3) is 0.364. The van der Waals surface area contributed by atoms with Crippen molar-refractivity contribution < 1.29 is 0 Å². The van der Waals surface area contributed by atoms with Gasteiger partial charge in [-0.3, -0.25) is 4.99 Å². The van der Waals surface area contributed by atoms with E-state index in [1.807, 2.05) is 23.9 Å². The summed E-state index contributed by atoms with van der Waals surface area (Å²) in [5.41, 5.74) is 1.31. The molecule has 2 atom stereocenters. The Bertz CT molecular complexity index is 358. The van der Waals surface area contributed by atoms with Crippen LogP contribution in [-0.4, -0.2) is 11.1 Å². The molecule has 0 aromatic heterocycles. The standard InChI is InChI=1S/C11H12ClNS/c1-7-11(14-8(2)13-7)9-3-5-10(12)6-4-9/h3-7,11H,1-2H3/t7-,11?/m1/s1. The third kappa shape index (κ3) is 1.96. The molecule has 14 heavy (non-hydrogen) atoms.